The van der Waals surface area contributed by atoms with Gasteiger partial charge in [0.25, 0.3) is 0 Å². The van der Waals surface area contributed by atoms with Crippen LogP contribution in [-0.2, 0) is 11.2 Å². The van der Waals surface area contributed by atoms with Crippen molar-refractivity contribution in [3.63, 3.8) is 0 Å². The zero-order valence-corrected chi connectivity index (χ0v) is 14.2. The first-order valence-corrected chi connectivity index (χ1v) is 7.92. The molecule has 0 fully saturated rings. The van der Waals surface area contributed by atoms with Crippen LogP contribution in [0.15, 0.2) is 24.3 Å². The van der Waals surface area contributed by atoms with Gasteiger partial charge in [0, 0.05) is 13.2 Å². The Labute approximate surface area is 130 Å². The molecule has 0 spiro atoms. The lowest BCUT2D eigenvalue weighted by atomic mass is 9.94. The Hall–Kier alpha value is -1.06. The van der Waals surface area contributed by atoms with Gasteiger partial charge in [-0.25, -0.2) is 0 Å². The number of hydrogen-bond donors (Lipinski definition) is 1. The van der Waals surface area contributed by atoms with E-state index in [1.54, 1.807) is 14.2 Å². The van der Waals surface area contributed by atoms with Crippen molar-refractivity contribution in [2.75, 3.05) is 20.8 Å². The lowest BCUT2D eigenvalue weighted by molar-refractivity contribution is 0.00643. The zero-order chi connectivity index (χ0) is 15.7. The van der Waals surface area contributed by atoms with Crippen molar-refractivity contribution in [2.45, 2.75) is 58.1 Å². The van der Waals surface area contributed by atoms with E-state index in [0.29, 0.717) is 6.04 Å². The zero-order valence-electron chi connectivity index (χ0n) is 14.2. The van der Waals surface area contributed by atoms with Gasteiger partial charge in [-0.05, 0) is 63.8 Å². The van der Waals surface area contributed by atoms with E-state index in [4.69, 9.17) is 9.47 Å². The number of rotatable bonds is 10. The van der Waals surface area contributed by atoms with Crippen molar-refractivity contribution in [1.82, 2.24) is 5.32 Å². The van der Waals surface area contributed by atoms with Crippen LogP contribution in [0, 0.1) is 0 Å². The van der Waals surface area contributed by atoms with Crippen LogP contribution in [0.3, 0.4) is 0 Å². The predicted molar refractivity (Wildman–Crippen MR) is 89.1 cm³/mol. The van der Waals surface area contributed by atoms with E-state index in [2.05, 4.69) is 38.2 Å². The Morgan fingerprint density at radius 3 is 2.33 bits per heavy atom. The minimum atomic E-state index is -0.0781. The largest absolute Gasteiger partial charge is 0.497 e. The van der Waals surface area contributed by atoms with Crippen molar-refractivity contribution in [1.29, 1.82) is 0 Å². The lowest BCUT2D eigenvalue weighted by Crippen LogP contribution is -2.38. The fourth-order valence-corrected chi connectivity index (χ4v) is 2.43. The summed E-state index contributed by atoms with van der Waals surface area (Å²) in [7, 11) is 3.49. The lowest BCUT2D eigenvalue weighted by Gasteiger charge is -2.29. The van der Waals surface area contributed by atoms with Crippen LogP contribution < -0.4 is 10.1 Å². The average molecular weight is 293 g/mol. The molecule has 1 aromatic carbocycles. The molecule has 1 atom stereocenters. The van der Waals surface area contributed by atoms with Gasteiger partial charge in [0.2, 0.25) is 0 Å². The van der Waals surface area contributed by atoms with Gasteiger partial charge in [0.15, 0.2) is 0 Å². The van der Waals surface area contributed by atoms with Crippen LogP contribution in [0.4, 0.5) is 0 Å². The number of hydrogen-bond acceptors (Lipinski definition) is 3. The predicted octanol–water partition coefficient (Wildman–Crippen LogP) is 3.81. The van der Waals surface area contributed by atoms with Crippen molar-refractivity contribution >= 4 is 0 Å². The molecule has 3 nitrogen and oxygen atoms in total. The molecule has 0 aliphatic heterocycles. The fourth-order valence-electron chi connectivity index (χ4n) is 2.43. The highest BCUT2D eigenvalue weighted by molar-refractivity contribution is 5.27. The van der Waals surface area contributed by atoms with Gasteiger partial charge in [0.05, 0.1) is 12.7 Å². The van der Waals surface area contributed by atoms with Gasteiger partial charge in [-0.1, -0.05) is 19.1 Å². The van der Waals surface area contributed by atoms with Crippen LogP contribution in [-0.4, -0.2) is 32.4 Å². The normalized spacial score (nSPS) is 13.2. The summed E-state index contributed by atoms with van der Waals surface area (Å²) in [5.41, 5.74) is 1.28. The SMILES string of the molecule is CCCNC(CCc1ccc(OC)cc1)CC(C)(C)OC. The number of nitrogens with one attached hydrogen (secondary N) is 1. The van der Waals surface area contributed by atoms with Crippen LogP contribution >= 0.6 is 0 Å². The molecule has 1 rings (SSSR count). The van der Waals surface area contributed by atoms with Crippen molar-refractivity contribution in [3.8, 4) is 5.75 Å². The summed E-state index contributed by atoms with van der Waals surface area (Å²) in [4.78, 5) is 0. The Kier molecular flexibility index (Phi) is 7.76. The molecule has 1 aromatic rings. The Bertz CT molecular complexity index is 387. The van der Waals surface area contributed by atoms with Gasteiger partial charge in [0.1, 0.15) is 5.75 Å². The van der Waals surface area contributed by atoms with E-state index in [9.17, 15) is 0 Å². The molecule has 0 saturated carbocycles. The van der Waals surface area contributed by atoms with Gasteiger partial charge in [-0.2, -0.15) is 0 Å². The molecule has 0 bridgehead atoms. The average Bonchev–Trinajstić information content (AvgIpc) is 2.50. The van der Waals surface area contributed by atoms with Gasteiger partial charge in [-0.3, -0.25) is 0 Å². The minimum absolute atomic E-state index is 0.0781. The Balaban J connectivity index is 2.54. The van der Waals surface area contributed by atoms with Crippen molar-refractivity contribution in [3.05, 3.63) is 29.8 Å². The van der Waals surface area contributed by atoms with Crippen LogP contribution in [0.5, 0.6) is 5.75 Å². The van der Waals surface area contributed by atoms with Crippen LogP contribution in [0.1, 0.15) is 45.6 Å². The highest BCUT2D eigenvalue weighted by Gasteiger charge is 2.22. The van der Waals surface area contributed by atoms with Gasteiger partial charge in [-0.15, -0.1) is 0 Å². The molecule has 0 radical (unpaired) electrons. The first-order valence-electron chi connectivity index (χ1n) is 7.92. The standard InChI is InChI=1S/C18H31NO2/c1-6-13-19-16(14-18(2,3)21-5)10-7-15-8-11-17(20-4)12-9-15/h8-9,11-12,16,19H,6-7,10,13-14H2,1-5H3. The maximum Gasteiger partial charge on any atom is 0.118 e. The molecule has 0 aliphatic carbocycles. The molecule has 1 unspecified atom stereocenters. The number of methoxy groups -OCH3 is 2. The highest BCUT2D eigenvalue weighted by Crippen LogP contribution is 2.19. The maximum atomic E-state index is 5.57. The summed E-state index contributed by atoms with van der Waals surface area (Å²) in [5, 5.41) is 3.65. The van der Waals surface area contributed by atoms with Crippen molar-refractivity contribution in [2.24, 2.45) is 0 Å². The molecule has 0 amide bonds. The quantitative estimate of drug-likeness (QED) is 0.711. The van der Waals surface area contributed by atoms with E-state index >= 15 is 0 Å². The topological polar surface area (TPSA) is 30.5 Å². The summed E-state index contributed by atoms with van der Waals surface area (Å²) in [6.45, 7) is 7.57. The summed E-state index contributed by atoms with van der Waals surface area (Å²) in [6.07, 6.45) is 4.39. The summed E-state index contributed by atoms with van der Waals surface area (Å²) in [5.74, 6) is 0.917. The third kappa shape index (κ3) is 6.96. The molecular weight excluding hydrogens is 262 g/mol. The second kappa shape index (κ2) is 9.06. The first-order chi connectivity index (χ1) is 10.0. The molecular formula is C18H31NO2. The third-order valence-electron chi connectivity index (χ3n) is 3.91. The molecule has 1 N–H and O–H groups in total. The highest BCUT2D eigenvalue weighted by atomic mass is 16.5. The molecule has 0 aromatic heterocycles. The van der Waals surface area contributed by atoms with Crippen LogP contribution in [0.25, 0.3) is 0 Å². The number of benzene rings is 1. The van der Waals surface area contributed by atoms with Gasteiger partial charge < -0.3 is 14.8 Å². The Morgan fingerprint density at radius 1 is 1.14 bits per heavy atom. The van der Waals surface area contributed by atoms with E-state index in [1.807, 2.05) is 12.1 Å². The molecule has 21 heavy (non-hydrogen) atoms. The number of ether oxygens (including phenoxy) is 2. The summed E-state index contributed by atoms with van der Waals surface area (Å²) < 4.78 is 10.8. The van der Waals surface area contributed by atoms with E-state index in [0.717, 1.165) is 38.0 Å². The Morgan fingerprint density at radius 2 is 1.81 bits per heavy atom. The smallest absolute Gasteiger partial charge is 0.118 e. The first kappa shape index (κ1) is 18.0. The molecule has 0 heterocycles. The molecule has 0 saturated heterocycles. The van der Waals surface area contributed by atoms with Crippen molar-refractivity contribution < 1.29 is 9.47 Å². The molecule has 3 heteroatoms. The van der Waals surface area contributed by atoms with E-state index < -0.39 is 0 Å². The van der Waals surface area contributed by atoms with E-state index in [-0.39, 0.29) is 5.60 Å². The van der Waals surface area contributed by atoms with E-state index in [1.165, 1.54) is 5.56 Å². The monoisotopic (exact) mass is 293 g/mol. The summed E-state index contributed by atoms with van der Waals surface area (Å²) in [6, 6.07) is 8.85. The minimum Gasteiger partial charge on any atom is -0.497 e. The second-order valence-electron chi connectivity index (χ2n) is 6.21. The fraction of sp³-hybridized carbons (Fsp3) is 0.667. The molecule has 0 aliphatic rings. The maximum absolute atomic E-state index is 5.57. The van der Waals surface area contributed by atoms with Gasteiger partial charge >= 0.3 is 0 Å². The second-order valence-corrected chi connectivity index (χ2v) is 6.21. The third-order valence-corrected chi connectivity index (χ3v) is 3.91. The van der Waals surface area contributed by atoms with Crippen LogP contribution in [0.2, 0.25) is 0 Å². The number of aryl methyl sites for hydroxylation is 1. The molecule has 120 valence electrons. The summed E-state index contributed by atoms with van der Waals surface area (Å²) >= 11 is 0.